The number of aromatic amines is 1. The highest BCUT2D eigenvalue weighted by Crippen LogP contribution is 2.17. The molecule has 0 fully saturated rings. The molecule has 2 N–H and O–H groups in total. The number of H-pyrrole nitrogens is 1. The van der Waals surface area contributed by atoms with Gasteiger partial charge in [0.05, 0.1) is 41.8 Å². The first-order valence-corrected chi connectivity index (χ1v) is 8.42. The normalized spacial score (nSPS) is 11.8. The van der Waals surface area contributed by atoms with Gasteiger partial charge in [0, 0.05) is 13.6 Å². The molecule has 4 rings (SSSR count). The highest BCUT2D eigenvalue weighted by molar-refractivity contribution is 5.76. The zero-order chi connectivity index (χ0) is 17.2. The molecule has 0 saturated carbocycles. The Morgan fingerprint density at radius 3 is 2.52 bits per heavy atom. The number of fused-ring (bicyclic) bond motifs is 2. The van der Waals surface area contributed by atoms with Crippen molar-refractivity contribution in [2.75, 3.05) is 13.2 Å². The van der Waals surface area contributed by atoms with Gasteiger partial charge in [0.2, 0.25) is 0 Å². The number of benzene rings is 2. The third-order valence-corrected chi connectivity index (χ3v) is 4.47. The SMILES string of the molecule is Cn1c(CN(CCO)Cc2nc3ccccc3[nH]2)nc2ccccc21. The molecule has 2 aromatic carbocycles. The van der Waals surface area contributed by atoms with Crippen LogP contribution in [0.3, 0.4) is 0 Å². The van der Waals surface area contributed by atoms with Crippen LogP contribution in [-0.4, -0.2) is 42.7 Å². The van der Waals surface area contributed by atoms with Gasteiger partial charge in [-0.25, -0.2) is 9.97 Å². The Balaban J connectivity index is 1.58. The molecule has 0 saturated heterocycles. The summed E-state index contributed by atoms with van der Waals surface area (Å²) in [5.74, 6) is 1.87. The van der Waals surface area contributed by atoms with Gasteiger partial charge < -0.3 is 14.7 Å². The molecule has 4 aromatic rings. The lowest BCUT2D eigenvalue weighted by molar-refractivity contribution is 0.177. The summed E-state index contributed by atoms with van der Waals surface area (Å²) in [6.45, 7) is 1.96. The van der Waals surface area contributed by atoms with Gasteiger partial charge in [-0.3, -0.25) is 4.90 Å². The second-order valence-electron chi connectivity index (χ2n) is 6.21. The quantitative estimate of drug-likeness (QED) is 0.568. The Hall–Kier alpha value is -2.70. The van der Waals surface area contributed by atoms with Gasteiger partial charge in [-0.05, 0) is 24.3 Å². The molecule has 0 bridgehead atoms. The van der Waals surface area contributed by atoms with E-state index in [0.29, 0.717) is 19.6 Å². The summed E-state index contributed by atoms with van der Waals surface area (Å²) < 4.78 is 2.11. The van der Waals surface area contributed by atoms with Crippen LogP contribution in [0.1, 0.15) is 11.6 Å². The molecule has 0 amide bonds. The predicted octanol–water partition coefficient (Wildman–Crippen LogP) is 2.44. The van der Waals surface area contributed by atoms with Crippen molar-refractivity contribution in [3.05, 3.63) is 60.2 Å². The minimum Gasteiger partial charge on any atom is -0.395 e. The maximum atomic E-state index is 9.44. The zero-order valence-corrected chi connectivity index (χ0v) is 14.2. The maximum absolute atomic E-state index is 9.44. The molecule has 6 heteroatoms. The smallest absolute Gasteiger partial charge is 0.123 e. The van der Waals surface area contributed by atoms with E-state index in [0.717, 1.165) is 33.7 Å². The lowest BCUT2D eigenvalue weighted by atomic mass is 10.3. The molecular formula is C19H21N5O. The number of aromatic nitrogens is 4. The molecule has 0 atom stereocenters. The number of rotatable bonds is 6. The summed E-state index contributed by atoms with van der Waals surface area (Å²) >= 11 is 0. The summed E-state index contributed by atoms with van der Waals surface area (Å²) in [6.07, 6.45) is 0. The van der Waals surface area contributed by atoms with Crippen LogP contribution in [0, 0.1) is 0 Å². The molecule has 128 valence electrons. The van der Waals surface area contributed by atoms with E-state index in [1.165, 1.54) is 0 Å². The maximum Gasteiger partial charge on any atom is 0.123 e. The number of nitrogens with zero attached hydrogens (tertiary/aromatic N) is 4. The molecule has 25 heavy (non-hydrogen) atoms. The van der Waals surface area contributed by atoms with Crippen LogP contribution in [0.15, 0.2) is 48.5 Å². The summed E-state index contributed by atoms with van der Waals surface area (Å²) in [5, 5.41) is 9.44. The Kier molecular flexibility index (Phi) is 4.21. The predicted molar refractivity (Wildman–Crippen MR) is 98.0 cm³/mol. The average molecular weight is 335 g/mol. The number of aliphatic hydroxyl groups excluding tert-OH is 1. The van der Waals surface area contributed by atoms with Crippen LogP contribution in [0.5, 0.6) is 0 Å². The molecule has 6 nitrogen and oxygen atoms in total. The molecule has 2 aromatic heterocycles. The highest BCUT2D eigenvalue weighted by Gasteiger charge is 2.14. The number of aliphatic hydroxyl groups is 1. The summed E-state index contributed by atoms with van der Waals surface area (Å²) in [6, 6.07) is 16.1. The summed E-state index contributed by atoms with van der Waals surface area (Å²) in [4.78, 5) is 14.9. The first-order chi connectivity index (χ1) is 12.2. The second-order valence-corrected chi connectivity index (χ2v) is 6.21. The van der Waals surface area contributed by atoms with Gasteiger partial charge in [-0.15, -0.1) is 0 Å². The molecular weight excluding hydrogens is 314 g/mol. The zero-order valence-electron chi connectivity index (χ0n) is 14.2. The highest BCUT2D eigenvalue weighted by atomic mass is 16.3. The van der Waals surface area contributed by atoms with E-state index in [2.05, 4.69) is 25.5 Å². The first-order valence-electron chi connectivity index (χ1n) is 8.42. The van der Waals surface area contributed by atoms with Crippen molar-refractivity contribution < 1.29 is 5.11 Å². The Labute approximate surface area is 145 Å². The van der Waals surface area contributed by atoms with Crippen LogP contribution < -0.4 is 0 Å². The Bertz CT molecular complexity index is 970. The molecule has 0 aliphatic rings. The topological polar surface area (TPSA) is 70.0 Å². The summed E-state index contributed by atoms with van der Waals surface area (Å²) in [7, 11) is 2.03. The van der Waals surface area contributed by atoms with Crippen molar-refractivity contribution in [1.29, 1.82) is 0 Å². The van der Waals surface area contributed by atoms with Crippen LogP contribution in [0.25, 0.3) is 22.1 Å². The van der Waals surface area contributed by atoms with E-state index in [1.807, 2.05) is 49.5 Å². The Morgan fingerprint density at radius 2 is 1.76 bits per heavy atom. The fraction of sp³-hybridized carbons (Fsp3) is 0.263. The van der Waals surface area contributed by atoms with Gasteiger partial charge in [-0.1, -0.05) is 24.3 Å². The largest absolute Gasteiger partial charge is 0.395 e. The van der Waals surface area contributed by atoms with Gasteiger partial charge >= 0.3 is 0 Å². The van der Waals surface area contributed by atoms with Crippen molar-refractivity contribution in [1.82, 2.24) is 24.4 Å². The van der Waals surface area contributed by atoms with Gasteiger partial charge in [0.25, 0.3) is 0 Å². The molecule has 0 unspecified atom stereocenters. The molecule has 0 spiro atoms. The first kappa shape index (κ1) is 15.8. The minimum absolute atomic E-state index is 0.101. The van der Waals surface area contributed by atoms with E-state index >= 15 is 0 Å². The van der Waals surface area contributed by atoms with Crippen LogP contribution in [-0.2, 0) is 20.1 Å². The third-order valence-electron chi connectivity index (χ3n) is 4.47. The fourth-order valence-electron chi connectivity index (χ4n) is 3.18. The molecule has 0 aliphatic heterocycles. The van der Waals surface area contributed by atoms with E-state index in [9.17, 15) is 5.11 Å². The lowest BCUT2D eigenvalue weighted by Gasteiger charge is -2.19. The monoisotopic (exact) mass is 335 g/mol. The van der Waals surface area contributed by atoms with E-state index in [4.69, 9.17) is 4.98 Å². The number of hydrogen-bond acceptors (Lipinski definition) is 4. The van der Waals surface area contributed by atoms with Crippen molar-refractivity contribution >= 4 is 22.1 Å². The van der Waals surface area contributed by atoms with Crippen molar-refractivity contribution in [2.24, 2.45) is 7.05 Å². The lowest BCUT2D eigenvalue weighted by Crippen LogP contribution is -2.27. The third kappa shape index (κ3) is 3.14. The van der Waals surface area contributed by atoms with E-state index < -0.39 is 0 Å². The van der Waals surface area contributed by atoms with Gasteiger partial charge in [0.1, 0.15) is 11.6 Å². The summed E-state index contributed by atoms with van der Waals surface area (Å²) in [5.41, 5.74) is 4.10. The van der Waals surface area contributed by atoms with E-state index in [1.54, 1.807) is 0 Å². The van der Waals surface area contributed by atoms with Crippen LogP contribution >= 0.6 is 0 Å². The van der Waals surface area contributed by atoms with Gasteiger partial charge in [-0.2, -0.15) is 0 Å². The number of hydrogen-bond donors (Lipinski definition) is 2. The molecule has 0 aliphatic carbocycles. The molecule has 2 heterocycles. The second kappa shape index (κ2) is 6.66. The number of para-hydroxylation sites is 4. The average Bonchev–Trinajstić information content (AvgIpc) is 3.16. The number of aryl methyl sites for hydroxylation is 1. The van der Waals surface area contributed by atoms with Crippen molar-refractivity contribution in [3.63, 3.8) is 0 Å². The number of nitrogens with one attached hydrogen (secondary N) is 1. The van der Waals surface area contributed by atoms with Crippen LogP contribution in [0.4, 0.5) is 0 Å². The van der Waals surface area contributed by atoms with Gasteiger partial charge in [0.15, 0.2) is 0 Å². The molecule has 0 radical (unpaired) electrons. The minimum atomic E-state index is 0.101. The fourth-order valence-corrected chi connectivity index (χ4v) is 3.18. The van der Waals surface area contributed by atoms with Crippen LogP contribution in [0.2, 0.25) is 0 Å². The number of imidazole rings is 2. The standard InChI is InChI=1S/C19H21N5O/c1-23-17-9-5-4-8-16(17)22-19(23)13-24(10-11-25)12-18-20-14-6-2-3-7-15(14)21-18/h2-9,25H,10-13H2,1H3,(H,20,21). The van der Waals surface area contributed by atoms with E-state index in [-0.39, 0.29) is 6.61 Å². The van der Waals surface area contributed by atoms with Crippen molar-refractivity contribution in [3.8, 4) is 0 Å². The van der Waals surface area contributed by atoms with Crippen molar-refractivity contribution in [2.45, 2.75) is 13.1 Å². The Morgan fingerprint density at radius 1 is 1.00 bits per heavy atom.